The Labute approximate surface area is 105 Å². The molecule has 2 aromatic rings. The van der Waals surface area contributed by atoms with Crippen molar-refractivity contribution in [2.75, 3.05) is 6.26 Å². The molecule has 0 aliphatic heterocycles. The van der Waals surface area contributed by atoms with Gasteiger partial charge in [-0.3, -0.25) is 4.98 Å². The van der Waals surface area contributed by atoms with Gasteiger partial charge < -0.3 is 0 Å². The van der Waals surface area contributed by atoms with Crippen molar-refractivity contribution in [3.05, 3.63) is 41.9 Å². The van der Waals surface area contributed by atoms with Crippen LogP contribution in [-0.4, -0.2) is 16.2 Å². The summed E-state index contributed by atoms with van der Waals surface area (Å²) in [6.45, 7) is 1.95. The Morgan fingerprint density at radius 1 is 1.29 bits per heavy atom. The van der Waals surface area contributed by atoms with Gasteiger partial charge in [0.25, 0.3) is 0 Å². The van der Waals surface area contributed by atoms with Crippen molar-refractivity contribution < 1.29 is 0 Å². The van der Waals surface area contributed by atoms with Crippen molar-refractivity contribution in [1.82, 2.24) is 9.97 Å². The van der Waals surface area contributed by atoms with Crippen LogP contribution in [0.25, 0.3) is 11.1 Å². The maximum absolute atomic E-state index is 9.10. The van der Waals surface area contributed by atoms with E-state index >= 15 is 0 Å². The lowest BCUT2D eigenvalue weighted by atomic mass is 10.0. The Bertz CT molecular complexity index is 573. The van der Waals surface area contributed by atoms with E-state index in [-0.39, 0.29) is 0 Å². The van der Waals surface area contributed by atoms with E-state index in [1.807, 2.05) is 31.4 Å². The summed E-state index contributed by atoms with van der Waals surface area (Å²) in [7, 11) is 0. The van der Waals surface area contributed by atoms with E-state index in [1.54, 1.807) is 12.4 Å². The van der Waals surface area contributed by atoms with E-state index in [0.717, 1.165) is 21.8 Å². The van der Waals surface area contributed by atoms with Gasteiger partial charge in [-0.1, -0.05) is 0 Å². The standard InChI is InChI=1S/C13H11N3S/c1-9-12(10-3-5-15-6-4-10)7-11(8-14)13(16-9)17-2/h3-7H,1-2H3. The van der Waals surface area contributed by atoms with Gasteiger partial charge in [0.2, 0.25) is 0 Å². The molecule has 2 heterocycles. The minimum atomic E-state index is 0.620. The van der Waals surface area contributed by atoms with Gasteiger partial charge in [-0.2, -0.15) is 5.26 Å². The van der Waals surface area contributed by atoms with Gasteiger partial charge in [-0.25, -0.2) is 4.98 Å². The molecule has 84 valence electrons. The molecule has 3 nitrogen and oxygen atoms in total. The summed E-state index contributed by atoms with van der Waals surface area (Å²) in [5.41, 5.74) is 3.57. The van der Waals surface area contributed by atoms with E-state index in [0.29, 0.717) is 5.56 Å². The van der Waals surface area contributed by atoms with Crippen molar-refractivity contribution in [3.8, 4) is 17.2 Å². The number of pyridine rings is 2. The fraction of sp³-hybridized carbons (Fsp3) is 0.154. The van der Waals surface area contributed by atoms with Gasteiger partial charge in [0.1, 0.15) is 11.1 Å². The fourth-order valence-electron chi connectivity index (χ4n) is 1.64. The summed E-state index contributed by atoms with van der Waals surface area (Å²) in [6, 6.07) is 7.92. The Kier molecular flexibility index (Phi) is 3.40. The molecule has 0 aliphatic carbocycles. The summed E-state index contributed by atoms with van der Waals surface area (Å²) >= 11 is 1.49. The van der Waals surface area contributed by atoms with Crippen molar-refractivity contribution in [3.63, 3.8) is 0 Å². The molecule has 0 amide bonds. The highest BCUT2D eigenvalue weighted by Gasteiger charge is 2.09. The van der Waals surface area contributed by atoms with Crippen LogP contribution in [-0.2, 0) is 0 Å². The number of thioether (sulfide) groups is 1. The van der Waals surface area contributed by atoms with Crippen molar-refractivity contribution in [1.29, 1.82) is 5.26 Å². The Morgan fingerprint density at radius 3 is 2.59 bits per heavy atom. The summed E-state index contributed by atoms with van der Waals surface area (Å²) in [5.74, 6) is 0. The molecule has 0 bridgehead atoms. The number of nitrogens with zero attached hydrogens (tertiary/aromatic N) is 3. The third kappa shape index (κ3) is 2.29. The highest BCUT2D eigenvalue weighted by molar-refractivity contribution is 7.98. The number of aryl methyl sites for hydroxylation is 1. The average Bonchev–Trinajstić information content (AvgIpc) is 2.39. The lowest BCUT2D eigenvalue weighted by Gasteiger charge is -2.08. The summed E-state index contributed by atoms with van der Waals surface area (Å²) in [6.07, 6.45) is 5.40. The second-order valence-corrected chi connectivity index (χ2v) is 4.32. The third-order valence-corrected chi connectivity index (χ3v) is 3.18. The second-order valence-electron chi connectivity index (χ2n) is 3.53. The molecule has 0 unspecified atom stereocenters. The highest BCUT2D eigenvalue weighted by atomic mass is 32.2. The monoisotopic (exact) mass is 241 g/mol. The Hall–Kier alpha value is -1.86. The molecule has 0 aromatic carbocycles. The first-order valence-corrected chi connectivity index (χ1v) is 6.35. The first-order valence-electron chi connectivity index (χ1n) is 5.12. The molecule has 2 aromatic heterocycles. The van der Waals surface area contributed by atoms with Gasteiger partial charge in [0.15, 0.2) is 0 Å². The largest absolute Gasteiger partial charge is 0.265 e. The van der Waals surface area contributed by atoms with Crippen molar-refractivity contribution in [2.24, 2.45) is 0 Å². The van der Waals surface area contributed by atoms with Crippen LogP contribution in [0, 0.1) is 18.3 Å². The van der Waals surface area contributed by atoms with Gasteiger partial charge in [0.05, 0.1) is 5.56 Å². The quantitative estimate of drug-likeness (QED) is 0.758. The zero-order valence-corrected chi connectivity index (χ0v) is 10.5. The lowest BCUT2D eigenvalue weighted by molar-refractivity contribution is 1.05. The van der Waals surface area contributed by atoms with E-state index in [4.69, 9.17) is 5.26 Å². The van der Waals surface area contributed by atoms with E-state index in [1.165, 1.54) is 11.8 Å². The second kappa shape index (κ2) is 4.98. The molecule has 0 saturated carbocycles. The molecule has 2 rings (SSSR count). The number of hydrogen-bond donors (Lipinski definition) is 0. The lowest BCUT2D eigenvalue weighted by Crippen LogP contribution is -1.94. The van der Waals surface area contributed by atoms with Gasteiger partial charge in [0, 0.05) is 23.7 Å². The Morgan fingerprint density at radius 2 is 2.00 bits per heavy atom. The van der Waals surface area contributed by atoms with Crippen LogP contribution in [0.15, 0.2) is 35.6 Å². The molecule has 0 N–H and O–H groups in total. The van der Waals surface area contributed by atoms with E-state index in [2.05, 4.69) is 16.0 Å². The SMILES string of the molecule is CSc1nc(C)c(-c2ccncc2)cc1C#N. The van der Waals surface area contributed by atoms with Crippen LogP contribution in [0.5, 0.6) is 0 Å². The molecule has 0 saturated heterocycles. The predicted octanol–water partition coefficient (Wildman–Crippen LogP) is 3.05. The van der Waals surface area contributed by atoms with Crippen LogP contribution in [0.4, 0.5) is 0 Å². The van der Waals surface area contributed by atoms with Gasteiger partial charge in [-0.15, -0.1) is 11.8 Å². The van der Waals surface area contributed by atoms with Gasteiger partial charge in [-0.05, 0) is 36.9 Å². The van der Waals surface area contributed by atoms with Crippen molar-refractivity contribution in [2.45, 2.75) is 11.9 Å². The Balaban J connectivity index is 2.61. The topological polar surface area (TPSA) is 49.6 Å². The fourth-order valence-corrected chi connectivity index (χ4v) is 2.20. The molecular weight excluding hydrogens is 230 g/mol. The van der Waals surface area contributed by atoms with Crippen LogP contribution in [0.1, 0.15) is 11.3 Å². The number of rotatable bonds is 2. The summed E-state index contributed by atoms with van der Waals surface area (Å²) < 4.78 is 0. The minimum absolute atomic E-state index is 0.620. The molecule has 4 heteroatoms. The molecule has 17 heavy (non-hydrogen) atoms. The predicted molar refractivity (Wildman–Crippen MR) is 68.7 cm³/mol. The van der Waals surface area contributed by atoms with Crippen LogP contribution in [0.2, 0.25) is 0 Å². The van der Waals surface area contributed by atoms with E-state index < -0.39 is 0 Å². The molecule has 0 radical (unpaired) electrons. The summed E-state index contributed by atoms with van der Waals surface area (Å²) in [5, 5.41) is 9.88. The zero-order valence-electron chi connectivity index (χ0n) is 9.64. The maximum atomic E-state index is 9.10. The highest BCUT2D eigenvalue weighted by Crippen LogP contribution is 2.27. The van der Waals surface area contributed by atoms with Crippen LogP contribution < -0.4 is 0 Å². The van der Waals surface area contributed by atoms with E-state index in [9.17, 15) is 0 Å². The molecule has 0 spiro atoms. The minimum Gasteiger partial charge on any atom is -0.265 e. The summed E-state index contributed by atoms with van der Waals surface area (Å²) in [4.78, 5) is 8.45. The first-order chi connectivity index (χ1) is 8.26. The van der Waals surface area contributed by atoms with Crippen LogP contribution in [0.3, 0.4) is 0 Å². The average molecular weight is 241 g/mol. The molecule has 0 fully saturated rings. The molecular formula is C13H11N3S. The smallest absolute Gasteiger partial charge is 0.114 e. The van der Waals surface area contributed by atoms with Crippen LogP contribution >= 0.6 is 11.8 Å². The molecule has 0 aliphatic rings. The maximum Gasteiger partial charge on any atom is 0.114 e. The molecule has 0 atom stereocenters. The van der Waals surface area contributed by atoms with Gasteiger partial charge >= 0.3 is 0 Å². The first kappa shape index (κ1) is 11.6. The third-order valence-electron chi connectivity index (χ3n) is 2.48. The number of aromatic nitrogens is 2. The van der Waals surface area contributed by atoms with Crippen molar-refractivity contribution >= 4 is 11.8 Å². The zero-order chi connectivity index (χ0) is 12.3. The number of hydrogen-bond acceptors (Lipinski definition) is 4. The number of nitriles is 1. The normalized spacial score (nSPS) is 9.94.